The van der Waals surface area contributed by atoms with E-state index in [1.807, 2.05) is 44.4 Å². The Labute approximate surface area is 173 Å². The molecule has 1 aliphatic rings. The van der Waals surface area contributed by atoms with Crippen molar-refractivity contribution >= 4 is 16.5 Å². The summed E-state index contributed by atoms with van der Waals surface area (Å²) in [6.45, 7) is 1.41. The Kier molecular flexibility index (Phi) is 4.33. The topological polar surface area (TPSA) is 68.0 Å². The number of aryl methyl sites for hydroxylation is 1. The van der Waals surface area contributed by atoms with Gasteiger partial charge in [0.15, 0.2) is 0 Å². The highest BCUT2D eigenvalue weighted by molar-refractivity contribution is 5.94. The quantitative estimate of drug-likeness (QED) is 0.573. The van der Waals surface area contributed by atoms with E-state index in [0.717, 1.165) is 28.6 Å². The van der Waals surface area contributed by atoms with Crippen LogP contribution in [0.2, 0.25) is 0 Å². The molecule has 7 heteroatoms. The summed E-state index contributed by atoms with van der Waals surface area (Å²) in [5.41, 5.74) is 3.03. The number of fused-ring (bicyclic) bond motifs is 1. The Bertz CT molecular complexity index is 1370. The van der Waals surface area contributed by atoms with Crippen molar-refractivity contribution in [3.05, 3.63) is 93.4 Å². The highest BCUT2D eigenvalue weighted by atomic mass is 16.2. The van der Waals surface area contributed by atoms with Crippen LogP contribution in [-0.2, 0) is 7.05 Å². The van der Waals surface area contributed by atoms with Gasteiger partial charge in [-0.2, -0.15) is 0 Å². The molecule has 4 aromatic rings. The van der Waals surface area contributed by atoms with Gasteiger partial charge >= 0.3 is 11.4 Å². The summed E-state index contributed by atoms with van der Waals surface area (Å²) in [7, 11) is 4.04. The van der Waals surface area contributed by atoms with Crippen LogP contribution in [0.1, 0.15) is 11.6 Å². The summed E-state index contributed by atoms with van der Waals surface area (Å²) in [6, 6.07) is 16.9. The fourth-order valence-electron chi connectivity index (χ4n) is 4.35. The van der Waals surface area contributed by atoms with Crippen LogP contribution in [0.15, 0.2) is 76.5 Å². The summed E-state index contributed by atoms with van der Waals surface area (Å²) in [4.78, 5) is 28.1. The molecule has 2 aromatic carbocycles. The van der Waals surface area contributed by atoms with Crippen molar-refractivity contribution in [3.63, 3.8) is 0 Å². The average Bonchev–Trinajstić information content (AvgIpc) is 3.25. The zero-order chi connectivity index (χ0) is 20.8. The minimum absolute atomic E-state index is 0.292. The van der Waals surface area contributed by atoms with Gasteiger partial charge < -0.3 is 9.47 Å². The van der Waals surface area contributed by atoms with Gasteiger partial charge in [0.2, 0.25) is 0 Å². The number of para-hydroxylation sites is 2. The lowest BCUT2D eigenvalue weighted by Crippen LogP contribution is -2.38. The van der Waals surface area contributed by atoms with Crippen LogP contribution in [0.25, 0.3) is 22.2 Å². The monoisotopic (exact) mass is 401 g/mol. The van der Waals surface area contributed by atoms with Crippen LogP contribution in [0.5, 0.6) is 0 Å². The first-order valence-electron chi connectivity index (χ1n) is 9.96. The Hall–Kier alpha value is -3.58. The Morgan fingerprint density at radius 2 is 1.70 bits per heavy atom. The minimum atomic E-state index is -0.434. The van der Waals surface area contributed by atoms with Crippen molar-refractivity contribution in [3.8, 4) is 5.69 Å². The van der Waals surface area contributed by atoms with E-state index < -0.39 is 5.69 Å². The predicted octanol–water partition coefficient (Wildman–Crippen LogP) is 2.39. The third-order valence-electron chi connectivity index (χ3n) is 5.82. The van der Waals surface area contributed by atoms with Gasteiger partial charge in [0, 0.05) is 42.8 Å². The molecular weight excluding hydrogens is 378 g/mol. The number of H-pyrrole nitrogens is 1. The molecule has 7 nitrogen and oxygen atoms in total. The molecule has 3 heterocycles. The number of aromatic nitrogens is 4. The summed E-state index contributed by atoms with van der Waals surface area (Å²) in [5.74, 6) is 0. The molecule has 0 saturated heterocycles. The molecule has 1 unspecified atom stereocenters. The molecule has 30 heavy (non-hydrogen) atoms. The molecule has 152 valence electrons. The maximum Gasteiger partial charge on any atom is 0.352 e. The maximum absolute atomic E-state index is 13.3. The molecular formula is C23H23N5O2. The number of nitrogens with one attached hydrogen (secondary N) is 1. The smallest absolute Gasteiger partial charge is 0.350 e. The molecule has 0 fully saturated rings. The molecule has 0 spiro atoms. The Morgan fingerprint density at radius 3 is 2.50 bits per heavy atom. The molecule has 0 radical (unpaired) electrons. The second kappa shape index (κ2) is 7.03. The fourth-order valence-corrected chi connectivity index (χ4v) is 4.35. The van der Waals surface area contributed by atoms with Gasteiger partial charge in [-0.15, -0.1) is 0 Å². The molecule has 0 saturated carbocycles. The third kappa shape index (κ3) is 2.86. The normalized spacial score (nSPS) is 17.4. The number of hydrogen-bond acceptors (Lipinski definition) is 3. The highest BCUT2D eigenvalue weighted by Gasteiger charge is 2.29. The molecule has 2 aromatic heterocycles. The zero-order valence-corrected chi connectivity index (χ0v) is 16.9. The number of nitrogens with zero attached hydrogens (tertiary/aromatic N) is 4. The van der Waals surface area contributed by atoms with E-state index in [2.05, 4.69) is 39.0 Å². The van der Waals surface area contributed by atoms with Gasteiger partial charge in [-0.05, 0) is 30.8 Å². The zero-order valence-electron chi connectivity index (χ0n) is 16.9. The lowest BCUT2D eigenvalue weighted by Gasteiger charge is -2.30. The standard InChI is InChI=1S/C23H23N5O2/c1-25-13-12-18(19-14-26(2)20-11-7-6-10-17(19)20)21(15-25)28-23(30)27(22(29)24-28)16-8-4-3-5-9-16/h3-12,14,21H,13,15H2,1-2H3,(H,24,29). The molecule has 5 rings (SSSR count). The second-order valence-corrected chi connectivity index (χ2v) is 7.81. The summed E-state index contributed by atoms with van der Waals surface area (Å²) in [5, 5.41) is 3.93. The maximum atomic E-state index is 13.3. The Balaban J connectivity index is 1.68. The summed E-state index contributed by atoms with van der Waals surface area (Å²) < 4.78 is 4.76. The van der Waals surface area contributed by atoms with E-state index in [0.29, 0.717) is 12.2 Å². The SMILES string of the molecule is CN1CC=C(c2cn(C)c3ccccc23)C(n2[nH]c(=O)n(-c3ccccc3)c2=O)C1. The van der Waals surface area contributed by atoms with E-state index in [1.54, 1.807) is 12.1 Å². The van der Waals surface area contributed by atoms with E-state index in [4.69, 9.17) is 0 Å². The average molecular weight is 401 g/mol. The Morgan fingerprint density at radius 1 is 0.967 bits per heavy atom. The molecule has 1 atom stereocenters. The van der Waals surface area contributed by atoms with Crippen molar-refractivity contribution in [2.45, 2.75) is 6.04 Å². The number of likely N-dealkylation sites (N-methyl/N-ethyl adjacent to an activating group) is 1. The highest BCUT2D eigenvalue weighted by Crippen LogP contribution is 2.35. The first kappa shape index (κ1) is 18.4. The molecule has 0 bridgehead atoms. The summed E-state index contributed by atoms with van der Waals surface area (Å²) in [6.07, 6.45) is 4.26. The first-order valence-corrected chi connectivity index (χ1v) is 9.96. The van der Waals surface area contributed by atoms with Crippen LogP contribution in [-0.4, -0.2) is 44.0 Å². The van der Waals surface area contributed by atoms with E-state index in [1.165, 1.54) is 9.25 Å². The van der Waals surface area contributed by atoms with Crippen LogP contribution in [0, 0.1) is 0 Å². The lowest BCUT2D eigenvalue weighted by molar-refractivity contribution is 0.304. The van der Waals surface area contributed by atoms with Crippen LogP contribution in [0.3, 0.4) is 0 Å². The number of hydrogen-bond donors (Lipinski definition) is 1. The third-order valence-corrected chi connectivity index (χ3v) is 5.82. The van der Waals surface area contributed by atoms with Gasteiger partial charge in [0.1, 0.15) is 0 Å². The molecule has 1 aliphatic heterocycles. The second-order valence-electron chi connectivity index (χ2n) is 7.81. The van der Waals surface area contributed by atoms with E-state index in [9.17, 15) is 9.59 Å². The summed E-state index contributed by atoms with van der Waals surface area (Å²) >= 11 is 0. The van der Waals surface area contributed by atoms with Crippen molar-refractivity contribution in [1.82, 2.24) is 23.8 Å². The van der Waals surface area contributed by atoms with E-state index >= 15 is 0 Å². The van der Waals surface area contributed by atoms with Crippen molar-refractivity contribution in [2.75, 3.05) is 20.1 Å². The van der Waals surface area contributed by atoms with Crippen LogP contribution >= 0.6 is 0 Å². The van der Waals surface area contributed by atoms with Gasteiger partial charge in [-0.3, -0.25) is 0 Å². The predicted molar refractivity (Wildman–Crippen MR) is 118 cm³/mol. The van der Waals surface area contributed by atoms with Gasteiger partial charge in [-0.25, -0.2) is 23.9 Å². The van der Waals surface area contributed by atoms with Crippen LogP contribution < -0.4 is 11.4 Å². The number of benzene rings is 2. The number of aromatic amines is 1. The fraction of sp³-hybridized carbons (Fsp3) is 0.217. The lowest BCUT2D eigenvalue weighted by atomic mass is 9.94. The van der Waals surface area contributed by atoms with Crippen molar-refractivity contribution < 1.29 is 0 Å². The van der Waals surface area contributed by atoms with Crippen molar-refractivity contribution in [2.24, 2.45) is 7.05 Å². The number of rotatable bonds is 3. The van der Waals surface area contributed by atoms with Gasteiger partial charge in [0.05, 0.1) is 11.7 Å². The molecule has 0 amide bonds. The molecule has 1 N–H and O–H groups in total. The van der Waals surface area contributed by atoms with Crippen molar-refractivity contribution in [1.29, 1.82) is 0 Å². The first-order chi connectivity index (χ1) is 14.5. The van der Waals surface area contributed by atoms with Gasteiger partial charge in [-0.1, -0.05) is 42.5 Å². The minimum Gasteiger partial charge on any atom is -0.350 e. The largest absolute Gasteiger partial charge is 0.352 e. The van der Waals surface area contributed by atoms with Gasteiger partial charge in [0.25, 0.3) is 0 Å². The van der Waals surface area contributed by atoms with Crippen LogP contribution in [0.4, 0.5) is 0 Å². The molecule has 0 aliphatic carbocycles. The van der Waals surface area contributed by atoms with E-state index in [-0.39, 0.29) is 11.7 Å².